The van der Waals surface area contributed by atoms with Crippen LogP contribution >= 0.6 is 0 Å². The van der Waals surface area contributed by atoms with Crippen molar-refractivity contribution >= 4 is 49.8 Å². The summed E-state index contributed by atoms with van der Waals surface area (Å²) in [5.74, 6) is 0. The fraction of sp³-hybridized carbons (Fsp3) is 0. The van der Waals surface area contributed by atoms with Crippen molar-refractivity contribution in [1.29, 1.82) is 0 Å². The predicted octanol–water partition coefficient (Wildman–Crippen LogP) is 13.2. The molecule has 0 saturated carbocycles. The highest BCUT2D eigenvalue weighted by molar-refractivity contribution is 6.21. The second kappa shape index (κ2) is 11.8. The van der Waals surface area contributed by atoms with Crippen molar-refractivity contribution in [2.75, 3.05) is 4.90 Å². The van der Waals surface area contributed by atoms with Crippen molar-refractivity contribution in [1.82, 2.24) is 0 Å². The van der Waals surface area contributed by atoms with E-state index in [0.717, 1.165) is 50.0 Å². The van der Waals surface area contributed by atoms with Crippen LogP contribution in [0.3, 0.4) is 0 Å². The second-order valence-corrected chi connectivity index (χ2v) is 12.1. The molecule has 226 valence electrons. The highest BCUT2D eigenvalue weighted by atomic mass is 16.3. The molecule has 2 heteroatoms. The molecular weight excluding hydrogens is 583 g/mol. The molecule has 0 amide bonds. The van der Waals surface area contributed by atoms with E-state index in [2.05, 4.69) is 181 Å². The maximum atomic E-state index is 6.30. The van der Waals surface area contributed by atoms with E-state index in [1.807, 2.05) is 12.1 Å². The van der Waals surface area contributed by atoms with Crippen LogP contribution in [0, 0.1) is 0 Å². The van der Waals surface area contributed by atoms with Gasteiger partial charge in [-0.25, -0.2) is 0 Å². The summed E-state index contributed by atoms with van der Waals surface area (Å²) in [6.07, 6.45) is 0. The van der Waals surface area contributed by atoms with E-state index < -0.39 is 0 Å². The molecule has 0 saturated heterocycles. The minimum Gasteiger partial charge on any atom is -0.456 e. The molecule has 2 nitrogen and oxygen atoms in total. The quantitative estimate of drug-likeness (QED) is 0.185. The van der Waals surface area contributed by atoms with Gasteiger partial charge in [0.1, 0.15) is 11.2 Å². The van der Waals surface area contributed by atoms with Crippen LogP contribution in [-0.4, -0.2) is 0 Å². The monoisotopic (exact) mass is 613 g/mol. The van der Waals surface area contributed by atoms with Crippen LogP contribution in [0.15, 0.2) is 192 Å². The lowest BCUT2D eigenvalue weighted by atomic mass is 9.95. The van der Waals surface area contributed by atoms with Crippen LogP contribution in [0.4, 0.5) is 17.1 Å². The number of hydrogen-bond acceptors (Lipinski definition) is 2. The molecule has 0 unspecified atom stereocenters. The number of benzene rings is 8. The van der Waals surface area contributed by atoms with Gasteiger partial charge >= 0.3 is 0 Å². The summed E-state index contributed by atoms with van der Waals surface area (Å²) in [7, 11) is 0. The standard InChI is InChI=1S/C46H31NO/c1-4-13-32(14-5-1)34-23-26-37(27-24-34)47(42-21-12-20-39-38(42)28-30-45-46(39)40-19-10-11-22-44(40)48-45)43-29-25-36(33-15-6-2-7-16-33)31-41(43)35-17-8-3-9-18-35/h1-31H. The second-order valence-electron chi connectivity index (χ2n) is 12.1. The van der Waals surface area contributed by atoms with E-state index in [9.17, 15) is 0 Å². The maximum absolute atomic E-state index is 6.30. The van der Waals surface area contributed by atoms with Crippen LogP contribution in [-0.2, 0) is 0 Å². The van der Waals surface area contributed by atoms with Crippen molar-refractivity contribution in [2.45, 2.75) is 0 Å². The van der Waals surface area contributed by atoms with Crippen LogP contribution in [0.25, 0.3) is 66.1 Å². The SMILES string of the molecule is c1ccc(-c2ccc(N(c3ccc(-c4ccccc4)cc3-c3ccccc3)c3cccc4c3ccc3oc5ccccc5c34)cc2)cc1. The van der Waals surface area contributed by atoms with E-state index in [1.165, 1.54) is 33.2 Å². The third kappa shape index (κ3) is 4.83. The summed E-state index contributed by atoms with van der Waals surface area (Å²) >= 11 is 0. The summed E-state index contributed by atoms with van der Waals surface area (Å²) in [5, 5.41) is 4.61. The Morgan fingerprint density at radius 3 is 1.65 bits per heavy atom. The number of fused-ring (bicyclic) bond motifs is 5. The highest BCUT2D eigenvalue weighted by Gasteiger charge is 2.21. The fourth-order valence-electron chi connectivity index (χ4n) is 6.99. The van der Waals surface area contributed by atoms with E-state index >= 15 is 0 Å². The minimum atomic E-state index is 0.900. The normalized spacial score (nSPS) is 11.3. The lowest BCUT2D eigenvalue weighted by Gasteiger charge is -2.29. The zero-order chi connectivity index (χ0) is 31.9. The van der Waals surface area contributed by atoms with Crippen LogP contribution in [0.2, 0.25) is 0 Å². The molecule has 0 radical (unpaired) electrons. The number of anilines is 3. The maximum Gasteiger partial charge on any atom is 0.136 e. The number of furan rings is 1. The molecule has 0 aliphatic heterocycles. The lowest BCUT2D eigenvalue weighted by molar-refractivity contribution is 0.669. The zero-order valence-corrected chi connectivity index (χ0v) is 26.3. The Bertz CT molecular complexity index is 2530. The van der Waals surface area contributed by atoms with E-state index in [1.54, 1.807) is 0 Å². The van der Waals surface area contributed by atoms with Crippen molar-refractivity contribution in [3.8, 4) is 33.4 Å². The largest absolute Gasteiger partial charge is 0.456 e. The smallest absolute Gasteiger partial charge is 0.136 e. The van der Waals surface area contributed by atoms with Gasteiger partial charge < -0.3 is 9.32 Å². The van der Waals surface area contributed by atoms with Crippen molar-refractivity contribution in [2.24, 2.45) is 0 Å². The first-order valence-electron chi connectivity index (χ1n) is 16.4. The molecule has 9 aromatic rings. The van der Waals surface area contributed by atoms with Gasteiger partial charge in [0.2, 0.25) is 0 Å². The van der Waals surface area contributed by atoms with Gasteiger partial charge in [-0.2, -0.15) is 0 Å². The van der Waals surface area contributed by atoms with Crippen LogP contribution in [0.1, 0.15) is 0 Å². The molecule has 0 bridgehead atoms. The molecule has 1 heterocycles. The molecular formula is C46H31NO. The summed E-state index contributed by atoms with van der Waals surface area (Å²) in [6.45, 7) is 0. The van der Waals surface area contributed by atoms with Crippen LogP contribution in [0.5, 0.6) is 0 Å². The summed E-state index contributed by atoms with van der Waals surface area (Å²) in [4.78, 5) is 2.42. The molecule has 9 rings (SSSR count). The number of hydrogen-bond donors (Lipinski definition) is 0. The third-order valence-electron chi connectivity index (χ3n) is 9.28. The number of para-hydroxylation sites is 1. The van der Waals surface area contributed by atoms with Gasteiger partial charge in [0, 0.05) is 27.4 Å². The van der Waals surface area contributed by atoms with Crippen LogP contribution < -0.4 is 4.90 Å². The average molecular weight is 614 g/mol. The molecule has 0 fully saturated rings. The van der Waals surface area contributed by atoms with Gasteiger partial charge in [0.25, 0.3) is 0 Å². The molecule has 0 N–H and O–H groups in total. The highest BCUT2D eigenvalue weighted by Crippen LogP contribution is 2.46. The minimum absolute atomic E-state index is 0.900. The molecule has 0 atom stereocenters. The van der Waals surface area contributed by atoms with E-state index in [4.69, 9.17) is 4.42 Å². The van der Waals surface area contributed by atoms with Gasteiger partial charge in [0.05, 0.1) is 11.4 Å². The summed E-state index contributed by atoms with van der Waals surface area (Å²) < 4.78 is 6.30. The molecule has 0 spiro atoms. The molecule has 0 aliphatic carbocycles. The molecule has 1 aromatic heterocycles. The third-order valence-corrected chi connectivity index (χ3v) is 9.28. The van der Waals surface area contributed by atoms with Crippen molar-refractivity contribution in [3.63, 3.8) is 0 Å². The Kier molecular flexibility index (Phi) is 6.84. The van der Waals surface area contributed by atoms with E-state index in [-0.39, 0.29) is 0 Å². The summed E-state index contributed by atoms with van der Waals surface area (Å²) in [5.41, 5.74) is 12.2. The summed E-state index contributed by atoms with van der Waals surface area (Å²) in [6, 6.07) is 67.0. The van der Waals surface area contributed by atoms with Gasteiger partial charge in [-0.3, -0.25) is 0 Å². The Labute approximate surface area is 279 Å². The predicted molar refractivity (Wildman–Crippen MR) is 202 cm³/mol. The Morgan fingerprint density at radius 2 is 0.917 bits per heavy atom. The number of nitrogens with zero attached hydrogens (tertiary/aromatic N) is 1. The average Bonchev–Trinajstić information content (AvgIpc) is 3.56. The topological polar surface area (TPSA) is 16.4 Å². The van der Waals surface area contributed by atoms with E-state index in [0.29, 0.717) is 0 Å². The van der Waals surface area contributed by atoms with Gasteiger partial charge in [-0.1, -0.05) is 140 Å². The van der Waals surface area contributed by atoms with Gasteiger partial charge in [-0.15, -0.1) is 0 Å². The van der Waals surface area contributed by atoms with Gasteiger partial charge in [0.15, 0.2) is 0 Å². The first-order chi connectivity index (χ1) is 23.8. The molecule has 0 aliphatic rings. The molecule has 48 heavy (non-hydrogen) atoms. The Hall–Kier alpha value is -6.38. The van der Waals surface area contributed by atoms with Crippen molar-refractivity contribution in [3.05, 3.63) is 188 Å². The molecule has 8 aromatic carbocycles. The fourth-order valence-corrected chi connectivity index (χ4v) is 6.99. The van der Waals surface area contributed by atoms with Gasteiger partial charge in [-0.05, 0) is 81.7 Å². The zero-order valence-electron chi connectivity index (χ0n) is 26.3. The van der Waals surface area contributed by atoms with Crippen molar-refractivity contribution < 1.29 is 4.42 Å². The first-order valence-corrected chi connectivity index (χ1v) is 16.4. The first kappa shape index (κ1) is 27.9. The Morgan fingerprint density at radius 1 is 0.333 bits per heavy atom. The lowest BCUT2D eigenvalue weighted by Crippen LogP contribution is -2.12. The number of rotatable bonds is 6. The Balaban J connectivity index is 1.31.